The second-order valence-corrected chi connectivity index (χ2v) is 8.52. The molecule has 0 bridgehead atoms. The average Bonchev–Trinajstić information content (AvgIpc) is 3.13. The van der Waals surface area contributed by atoms with E-state index in [1.54, 1.807) is 24.3 Å². The Morgan fingerprint density at radius 1 is 1.19 bits per heavy atom. The molecule has 1 aliphatic heterocycles. The van der Waals surface area contributed by atoms with Gasteiger partial charge in [-0.3, -0.25) is 4.79 Å². The van der Waals surface area contributed by atoms with Crippen LogP contribution in [0.15, 0.2) is 53.4 Å². The van der Waals surface area contributed by atoms with E-state index in [1.807, 2.05) is 38.1 Å². The van der Waals surface area contributed by atoms with Crippen LogP contribution in [0, 0.1) is 6.92 Å². The number of nitrogens with one attached hydrogen (secondary N) is 1. The van der Waals surface area contributed by atoms with Crippen molar-refractivity contribution >= 4 is 21.6 Å². The van der Waals surface area contributed by atoms with Gasteiger partial charge in [0.25, 0.3) is 0 Å². The predicted molar refractivity (Wildman–Crippen MR) is 103 cm³/mol. The zero-order valence-electron chi connectivity index (χ0n) is 15.1. The first-order valence-corrected chi connectivity index (χ1v) is 10.3. The highest BCUT2D eigenvalue weighted by Crippen LogP contribution is 2.27. The maximum atomic E-state index is 13.0. The molecule has 1 atom stereocenters. The summed E-state index contributed by atoms with van der Waals surface area (Å²) in [5.74, 6) is -0.272. The molecule has 0 aromatic heterocycles. The Balaban J connectivity index is 1.80. The molecule has 138 valence electrons. The molecule has 0 radical (unpaired) electrons. The zero-order chi connectivity index (χ0) is 18.7. The van der Waals surface area contributed by atoms with Crippen LogP contribution in [-0.2, 0) is 21.2 Å². The molecule has 1 aliphatic rings. The molecule has 1 unspecified atom stereocenters. The van der Waals surface area contributed by atoms with E-state index in [2.05, 4.69) is 5.32 Å². The van der Waals surface area contributed by atoms with Crippen molar-refractivity contribution in [1.82, 2.24) is 4.31 Å². The number of carbonyl (C=O) groups is 1. The molecule has 1 heterocycles. The molecule has 2 aromatic rings. The lowest BCUT2D eigenvalue weighted by molar-refractivity contribution is -0.119. The molecule has 1 N–H and O–H groups in total. The molecule has 0 saturated carbocycles. The molecule has 1 amide bonds. The molecule has 0 spiro atoms. The van der Waals surface area contributed by atoms with Crippen LogP contribution in [0.4, 0.5) is 5.69 Å². The minimum absolute atomic E-state index is 0.232. The van der Waals surface area contributed by atoms with Gasteiger partial charge in [-0.05, 0) is 56.0 Å². The molecule has 2 aromatic carbocycles. The van der Waals surface area contributed by atoms with E-state index in [1.165, 1.54) is 4.31 Å². The lowest BCUT2D eigenvalue weighted by atomic mass is 10.1. The summed E-state index contributed by atoms with van der Waals surface area (Å²) in [6.45, 7) is 4.32. The van der Waals surface area contributed by atoms with Gasteiger partial charge in [0.15, 0.2) is 0 Å². The quantitative estimate of drug-likeness (QED) is 0.875. The van der Waals surface area contributed by atoms with Crippen molar-refractivity contribution in [3.63, 3.8) is 0 Å². The number of hydrogen-bond acceptors (Lipinski definition) is 3. The van der Waals surface area contributed by atoms with Crippen LogP contribution in [0.5, 0.6) is 0 Å². The lowest BCUT2D eigenvalue weighted by Gasteiger charge is -2.23. The maximum absolute atomic E-state index is 13.0. The molecule has 1 saturated heterocycles. The summed E-state index contributed by atoms with van der Waals surface area (Å²) in [7, 11) is -3.68. The van der Waals surface area contributed by atoms with E-state index in [0.717, 1.165) is 17.5 Å². The van der Waals surface area contributed by atoms with Crippen molar-refractivity contribution in [2.45, 2.75) is 44.0 Å². The summed E-state index contributed by atoms with van der Waals surface area (Å²) in [5, 5.41) is 2.88. The number of hydrogen-bond donors (Lipinski definition) is 1. The number of rotatable bonds is 5. The highest BCUT2D eigenvalue weighted by Gasteiger charge is 2.39. The largest absolute Gasteiger partial charge is 0.325 e. The third kappa shape index (κ3) is 3.81. The van der Waals surface area contributed by atoms with Crippen LogP contribution in [-0.4, -0.2) is 31.2 Å². The Labute approximate surface area is 155 Å². The molecule has 3 rings (SSSR count). The average molecular weight is 372 g/mol. The zero-order valence-corrected chi connectivity index (χ0v) is 15.9. The first-order chi connectivity index (χ1) is 12.4. The van der Waals surface area contributed by atoms with Gasteiger partial charge in [0.2, 0.25) is 15.9 Å². The van der Waals surface area contributed by atoms with Crippen LogP contribution in [0.3, 0.4) is 0 Å². The summed E-state index contributed by atoms with van der Waals surface area (Å²) in [4.78, 5) is 13.0. The van der Waals surface area contributed by atoms with Gasteiger partial charge >= 0.3 is 0 Å². The predicted octanol–water partition coefficient (Wildman–Crippen LogP) is 3.35. The Hall–Kier alpha value is -2.18. The normalized spacial score (nSPS) is 18.0. The molecule has 1 fully saturated rings. The van der Waals surface area contributed by atoms with Gasteiger partial charge in [0.05, 0.1) is 4.90 Å². The number of sulfonamides is 1. The third-order valence-corrected chi connectivity index (χ3v) is 6.66. The van der Waals surface area contributed by atoms with E-state index in [4.69, 9.17) is 0 Å². The van der Waals surface area contributed by atoms with Crippen LogP contribution >= 0.6 is 0 Å². The van der Waals surface area contributed by atoms with Gasteiger partial charge in [0.1, 0.15) is 6.04 Å². The third-order valence-electron chi connectivity index (χ3n) is 4.74. The number of anilines is 1. The first-order valence-electron chi connectivity index (χ1n) is 8.90. The number of amides is 1. The van der Waals surface area contributed by atoms with Crippen molar-refractivity contribution in [2.24, 2.45) is 0 Å². The second-order valence-electron chi connectivity index (χ2n) is 6.63. The summed E-state index contributed by atoms with van der Waals surface area (Å²) in [5.41, 5.74) is 2.82. The fraction of sp³-hybridized carbons (Fsp3) is 0.350. The minimum Gasteiger partial charge on any atom is -0.325 e. The number of nitrogens with zero attached hydrogens (tertiary/aromatic N) is 1. The first kappa shape index (κ1) is 18.6. The Morgan fingerprint density at radius 3 is 2.62 bits per heavy atom. The monoisotopic (exact) mass is 372 g/mol. The highest BCUT2D eigenvalue weighted by atomic mass is 32.2. The van der Waals surface area contributed by atoms with Gasteiger partial charge in [-0.15, -0.1) is 0 Å². The van der Waals surface area contributed by atoms with Gasteiger partial charge in [-0.25, -0.2) is 8.42 Å². The Morgan fingerprint density at radius 2 is 1.92 bits per heavy atom. The molecular formula is C20H24N2O3S. The van der Waals surface area contributed by atoms with E-state index >= 15 is 0 Å². The summed E-state index contributed by atoms with van der Waals surface area (Å²) in [6.07, 6.45) is 2.09. The van der Waals surface area contributed by atoms with Gasteiger partial charge in [-0.1, -0.05) is 36.8 Å². The molecule has 26 heavy (non-hydrogen) atoms. The van der Waals surface area contributed by atoms with Gasteiger partial charge in [-0.2, -0.15) is 4.31 Å². The SMILES string of the molecule is CCc1cccc(NC(=O)C2CCCN2S(=O)(=O)c2ccc(C)cc2)c1. The van der Waals surface area contributed by atoms with Crippen molar-refractivity contribution in [3.8, 4) is 0 Å². The molecule has 6 heteroatoms. The van der Waals surface area contributed by atoms with Gasteiger partial charge in [0, 0.05) is 12.2 Å². The summed E-state index contributed by atoms with van der Waals surface area (Å²) < 4.78 is 27.2. The summed E-state index contributed by atoms with van der Waals surface area (Å²) in [6, 6.07) is 13.7. The van der Waals surface area contributed by atoms with Crippen LogP contribution in [0.25, 0.3) is 0 Å². The van der Waals surface area contributed by atoms with Crippen LogP contribution in [0.1, 0.15) is 30.9 Å². The number of carbonyl (C=O) groups excluding carboxylic acids is 1. The van der Waals surface area contributed by atoms with Crippen molar-refractivity contribution in [1.29, 1.82) is 0 Å². The standard InChI is InChI=1S/C20H24N2O3S/c1-3-16-6-4-7-17(14-16)21-20(23)19-8-5-13-22(19)26(24,25)18-11-9-15(2)10-12-18/h4,6-7,9-12,14,19H,3,5,8,13H2,1-2H3,(H,21,23). The molecule has 5 nitrogen and oxygen atoms in total. The Bertz CT molecular complexity index is 892. The minimum atomic E-state index is -3.68. The Kier molecular flexibility index (Phi) is 5.44. The number of benzene rings is 2. The van der Waals surface area contributed by atoms with Crippen LogP contribution in [0.2, 0.25) is 0 Å². The van der Waals surface area contributed by atoms with Gasteiger partial charge < -0.3 is 5.32 Å². The fourth-order valence-electron chi connectivity index (χ4n) is 3.23. The fourth-order valence-corrected chi connectivity index (χ4v) is 4.89. The van der Waals surface area contributed by atoms with E-state index < -0.39 is 16.1 Å². The second kappa shape index (κ2) is 7.60. The van der Waals surface area contributed by atoms with E-state index in [-0.39, 0.29) is 10.8 Å². The molecular weight excluding hydrogens is 348 g/mol. The summed E-state index contributed by atoms with van der Waals surface area (Å²) >= 11 is 0. The number of aryl methyl sites for hydroxylation is 2. The van der Waals surface area contributed by atoms with Crippen LogP contribution < -0.4 is 5.32 Å². The van der Waals surface area contributed by atoms with E-state index in [9.17, 15) is 13.2 Å². The smallest absolute Gasteiger partial charge is 0.243 e. The van der Waals surface area contributed by atoms with Crippen molar-refractivity contribution < 1.29 is 13.2 Å². The topological polar surface area (TPSA) is 66.5 Å². The molecule has 0 aliphatic carbocycles. The lowest BCUT2D eigenvalue weighted by Crippen LogP contribution is -2.43. The van der Waals surface area contributed by atoms with E-state index in [0.29, 0.717) is 25.1 Å². The highest BCUT2D eigenvalue weighted by molar-refractivity contribution is 7.89. The maximum Gasteiger partial charge on any atom is 0.243 e. The van der Waals surface area contributed by atoms with Crippen molar-refractivity contribution in [3.05, 3.63) is 59.7 Å². The van der Waals surface area contributed by atoms with Crippen molar-refractivity contribution in [2.75, 3.05) is 11.9 Å².